The Bertz CT molecular complexity index is 1560. The zero-order valence-corrected chi connectivity index (χ0v) is 23.8. The highest BCUT2D eigenvalue weighted by Gasteiger charge is 2.28. The number of para-hydroxylation sites is 1. The van der Waals surface area contributed by atoms with Crippen LogP contribution in [0.15, 0.2) is 113 Å². The Hall–Kier alpha value is -3.70. The fourth-order valence-corrected chi connectivity index (χ4v) is 5.79. The van der Waals surface area contributed by atoms with Crippen LogP contribution in [0.4, 0.5) is 5.69 Å². The second kappa shape index (κ2) is 12.2. The SMILES string of the molecule is COc1ccc(S(=O)(=O)N(Cc2ccccc2)c2ccccc2C(=O)N/N=C(/C)c2cccc(I)c2)cc1. The van der Waals surface area contributed by atoms with Gasteiger partial charge < -0.3 is 4.74 Å². The van der Waals surface area contributed by atoms with Gasteiger partial charge in [-0.3, -0.25) is 9.10 Å². The molecule has 1 amide bonds. The minimum absolute atomic E-state index is 0.0320. The lowest BCUT2D eigenvalue weighted by Gasteiger charge is -2.26. The monoisotopic (exact) mass is 639 g/mol. The third-order valence-corrected chi connectivity index (χ3v) is 8.25. The van der Waals surface area contributed by atoms with E-state index in [1.165, 1.54) is 23.5 Å². The topological polar surface area (TPSA) is 88.1 Å². The molecule has 0 saturated heterocycles. The third kappa shape index (κ3) is 6.40. The Balaban J connectivity index is 1.73. The maximum Gasteiger partial charge on any atom is 0.273 e. The summed E-state index contributed by atoms with van der Waals surface area (Å²) in [7, 11) is -2.53. The molecule has 0 radical (unpaired) electrons. The van der Waals surface area contributed by atoms with Crippen molar-refractivity contribution < 1.29 is 17.9 Å². The highest BCUT2D eigenvalue weighted by molar-refractivity contribution is 14.1. The molecule has 4 aromatic rings. The zero-order valence-electron chi connectivity index (χ0n) is 20.8. The second-order valence-corrected chi connectivity index (χ2v) is 11.4. The van der Waals surface area contributed by atoms with E-state index in [1.807, 2.05) is 54.6 Å². The molecule has 0 heterocycles. The van der Waals surface area contributed by atoms with E-state index in [1.54, 1.807) is 43.3 Å². The van der Waals surface area contributed by atoms with Gasteiger partial charge in [0.05, 0.1) is 35.5 Å². The predicted molar refractivity (Wildman–Crippen MR) is 158 cm³/mol. The van der Waals surface area contributed by atoms with Crippen LogP contribution in [0.25, 0.3) is 0 Å². The number of halogens is 1. The molecule has 0 aromatic heterocycles. The third-order valence-electron chi connectivity index (χ3n) is 5.80. The molecule has 4 rings (SSSR count). The smallest absolute Gasteiger partial charge is 0.273 e. The molecule has 0 saturated carbocycles. The average Bonchev–Trinajstić information content (AvgIpc) is 2.95. The molecular formula is C29H26IN3O4S. The molecule has 0 spiro atoms. The summed E-state index contributed by atoms with van der Waals surface area (Å²) in [5, 5.41) is 4.27. The van der Waals surface area contributed by atoms with Crippen molar-refractivity contribution in [2.45, 2.75) is 18.4 Å². The number of rotatable bonds is 9. The summed E-state index contributed by atoms with van der Waals surface area (Å²) in [6.07, 6.45) is 0. The van der Waals surface area contributed by atoms with Crippen LogP contribution in [0.2, 0.25) is 0 Å². The van der Waals surface area contributed by atoms with E-state index in [0.29, 0.717) is 11.5 Å². The lowest BCUT2D eigenvalue weighted by Crippen LogP contribution is -2.33. The van der Waals surface area contributed by atoms with Crippen molar-refractivity contribution in [3.63, 3.8) is 0 Å². The van der Waals surface area contributed by atoms with E-state index in [-0.39, 0.29) is 22.7 Å². The molecule has 38 heavy (non-hydrogen) atoms. The van der Waals surface area contributed by atoms with Gasteiger partial charge in [0.15, 0.2) is 0 Å². The number of methoxy groups -OCH3 is 1. The number of nitrogens with zero attached hydrogens (tertiary/aromatic N) is 2. The van der Waals surface area contributed by atoms with E-state index in [0.717, 1.165) is 14.7 Å². The van der Waals surface area contributed by atoms with Crippen LogP contribution in [0.5, 0.6) is 5.75 Å². The van der Waals surface area contributed by atoms with Crippen molar-refractivity contribution in [2.75, 3.05) is 11.4 Å². The predicted octanol–water partition coefficient (Wildman–Crippen LogP) is 5.85. The molecule has 0 aliphatic heterocycles. The van der Waals surface area contributed by atoms with E-state index >= 15 is 0 Å². The fourth-order valence-electron chi connectivity index (χ4n) is 3.78. The first-order valence-corrected chi connectivity index (χ1v) is 14.2. The van der Waals surface area contributed by atoms with Gasteiger partial charge in [-0.15, -0.1) is 0 Å². The molecule has 0 atom stereocenters. The van der Waals surface area contributed by atoms with Crippen LogP contribution in [0, 0.1) is 3.57 Å². The molecule has 7 nitrogen and oxygen atoms in total. The van der Waals surface area contributed by atoms with Crippen LogP contribution in [0.1, 0.15) is 28.4 Å². The number of anilines is 1. The molecule has 0 unspecified atom stereocenters. The molecule has 194 valence electrons. The molecule has 1 N–H and O–H groups in total. The second-order valence-electron chi connectivity index (χ2n) is 8.34. The number of amides is 1. The summed E-state index contributed by atoms with van der Waals surface area (Å²) in [5.41, 5.74) is 5.28. The van der Waals surface area contributed by atoms with Crippen molar-refractivity contribution in [3.05, 3.63) is 123 Å². The first kappa shape index (κ1) is 27.3. The zero-order chi connectivity index (χ0) is 27.1. The van der Waals surface area contributed by atoms with Gasteiger partial charge in [0.2, 0.25) is 0 Å². The van der Waals surface area contributed by atoms with Gasteiger partial charge in [-0.05, 0) is 89.2 Å². The Morgan fingerprint density at radius 3 is 2.29 bits per heavy atom. The van der Waals surface area contributed by atoms with Gasteiger partial charge in [0, 0.05) is 3.57 Å². The van der Waals surface area contributed by atoms with Crippen molar-refractivity contribution in [1.82, 2.24) is 5.43 Å². The first-order valence-electron chi connectivity index (χ1n) is 11.7. The van der Waals surface area contributed by atoms with Crippen molar-refractivity contribution in [1.29, 1.82) is 0 Å². The number of benzene rings is 4. The van der Waals surface area contributed by atoms with Crippen LogP contribution >= 0.6 is 22.6 Å². The van der Waals surface area contributed by atoms with Gasteiger partial charge in [0.1, 0.15) is 5.75 Å². The molecule has 0 aliphatic carbocycles. The number of carbonyl (C=O) groups is 1. The summed E-state index contributed by atoms with van der Waals surface area (Å²) < 4.78 is 35.3. The highest BCUT2D eigenvalue weighted by Crippen LogP contribution is 2.30. The largest absolute Gasteiger partial charge is 0.497 e. The van der Waals surface area contributed by atoms with Gasteiger partial charge in [-0.1, -0.05) is 54.6 Å². The van der Waals surface area contributed by atoms with E-state index in [2.05, 4.69) is 33.1 Å². The van der Waals surface area contributed by atoms with Crippen molar-refractivity contribution >= 4 is 49.9 Å². The summed E-state index contributed by atoms with van der Waals surface area (Å²) in [6.45, 7) is 1.83. The molecule has 0 bridgehead atoms. The molecule has 4 aromatic carbocycles. The number of carbonyl (C=O) groups excluding carboxylic acids is 1. The number of sulfonamides is 1. The minimum atomic E-state index is -4.05. The molecule has 0 fully saturated rings. The maximum absolute atomic E-state index is 13.9. The van der Waals surface area contributed by atoms with Crippen molar-refractivity contribution in [3.8, 4) is 5.75 Å². The summed E-state index contributed by atoms with van der Waals surface area (Å²) in [5.74, 6) is 0.0215. The van der Waals surface area contributed by atoms with Gasteiger partial charge in [0.25, 0.3) is 15.9 Å². The van der Waals surface area contributed by atoms with Crippen LogP contribution < -0.4 is 14.5 Å². The lowest BCUT2D eigenvalue weighted by molar-refractivity contribution is 0.0955. The highest BCUT2D eigenvalue weighted by atomic mass is 127. The first-order chi connectivity index (χ1) is 18.3. The molecular weight excluding hydrogens is 613 g/mol. The number of hydrogen-bond acceptors (Lipinski definition) is 5. The number of nitrogens with one attached hydrogen (secondary N) is 1. The quantitative estimate of drug-likeness (QED) is 0.142. The molecule has 9 heteroatoms. The fraction of sp³-hybridized carbons (Fsp3) is 0.103. The summed E-state index contributed by atoms with van der Waals surface area (Å²) in [4.78, 5) is 13.4. The summed E-state index contributed by atoms with van der Waals surface area (Å²) in [6, 6.07) is 29.7. The average molecular weight is 640 g/mol. The Morgan fingerprint density at radius 2 is 1.61 bits per heavy atom. The van der Waals surface area contributed by atoms with Crippen LogP contribution in [-0.2, 0) is 16.6 Å². The van der Waals surface area contributed by atoms with E-state index in [9.17, 15) is 13.2 Å². The van der Waals surface area contributed by atoms with E-state index < -0.39 is 15.9 Å². The minimum Gasteiger partial charge on any atom is -0.497 e. The maximum atomic E-state index is 13.9. The van der Waals surface area contributed by atoms with Gasteiger partial charge in [-0.2, -0.15) is 5.10 Å². The Labute approximate surface area is 236 Å². The molecule has 0 aliphatic rings. The van der Waals surface area contributed by atoms with Gasteiger partial charge >= 0.3 is 0 Å². The normalized spacial score (nSPS) is 11.6. The lowest BCUT2D eigenvalue weighted by atomic mass is 10.1. The van der Waals surface area contributed by atoms with Crippen molar-refractivity contribution in [2.24, 2.45) is 5.10 Å². The Kier molecular flexibility index (Phi) is 8.80. The van der Waals surface area contributed by atoms with Crippen LogP contribution in [-0.4, -0.2) is 27.1 Å². The van der Waals surface area contributed by atoms with Gasteiger partial charge in [-0.25, -0.2) is 13.8 Å². The standard InChI is InChI=1S/C29H26IN3O4S/c1-21(23-11-8-12-24(30)19-23)31-32-29(34)27-13-6-7-14-28(27)33(20-22-9-4-3-5-10-22)38(35,36)26-17-15-25(37-2)16-18-26/h3-19H,20H2,1-2H3,(H,32,34)/b31-21-. The number of ether oxygens (including phenoxy) is 1. The number of hydrazone groups is 1. The number of hydrogen-bond donors (Lipinski definition) is 1. The Morgan fingerprint density at radius 1 is 0.921 bits per heavy atom. The van der Waals surface area contributed by atoms with Crippen LogP contribution in [0.3, 0.4) is 0 Å². The van der Waals surface area contributed by atoms with E-state index in [4.69, 9.17) is 4.74 Å². The summed E-state index contributed by atoms with van der Waals surface area (Å²) >= 11 is 2.21.